The summed E-state index contributed by atoms with van der Waals surface area (Å²) in [7, 11) is 0. The summed E-state index contributed by atoms with van der Waals surface area (Å²) in [6, 6.07) is 7.83. The number of rotatable bonds is 5. The molecular weight excluding hydrogens is 260 g/mol. The summed E-state index contributed by atoms with van der Waals surface area (Å²) in [4.78, 5) is 14.4. The van der Waals surface area contributed by atoms with E-state index in [1.807, 2.05) is 24.3 Å². The van der Waals surface area contributed by atoms with Gasteiger partial charge in [-0.25, -0.2) is 0 Å². The fourth-order valence-electron chi connectivity index (χ4n) is 3.35. The molecule has 1 aliphatic heterocycles. The van der Waals surface area contributed by atoms with Crippen molar-refractivity contribution >= 4 is 11.6 Å². The molecule has 3 nitrogen and oxygen atoms in total. The smallest absolute Gasteiger partial charge is 0.222 e. The van der Waals surface area contributed by atoms with Crippen LogP contribution in [0.3, 0.4) is 0 Å². The van der Waals surface area contributed by atoms with E-state index in [1.165, 1.54) is 12.8 Å². The van der Waals surface area contributed by atoms with Crippen LogP contribution in [0, 0.1) is 5.41 Å². The largest absolute Gasteiger partial charge is 0.399 e. The van der Waals surface area contributed by atoms with Crippen molar-refractivity contribution in [3.05, 3.63) is 29.8 Å². The Morgan fingerprint density at radius 1 is 1.24 bits per heavy atom. The summed E-state index contributed by atoms with van der Waals surface area (Å²) in [6.45, 7) is 6.41. The molecule has 1 aliphatic rings. The van der Waals surface area contributed by atoms with Crippen molar-refractivity contribution in [2.75, 3.05) is 18.8 Å². The number of piperidine rings is 1. The summed E-state index contributed by atoms with van der Waals surface area (Å²) in [5.41, 5.74) is 8.17. The molecule has 1 saturated heterocycles. The number of likely N-dealkylation sites (tertiary alicyclic amines) is 1. The predicted molar refractivity (Wildman–Crippen MR) is 88.0 cm³/mol. The zero-order valence-corrected chi connectivity index (χ0v) is 13.4. The molecule has 1 amide bonds. The van der Waals surface area contributed by atoms with Crippen LogP contribution in [0.5, 0.6) is 0 Å². The molecule has 1 aromatic rings. The number of nitrogens with two attached hydrogens (primary N) is 1. The van der Waals surface area contributed by atoms with Crippen molar-refractivity contribution in [2.24, 2.45) is 5.41 Å². The molecular formula is C18H28N2O. The van der Waals surface area contributed by atoms with Crippen LogP contribution in [0.2, 0.25) is 0 Å². The minimum atomic E-state index is 0.290. The number of hydrogen-bond acceptors (Lipinski definition) is 2. The number of carbonyl (C=O) groups excluding carboxylic acids is 1. The molecule has 2 rings (SSSR count). The molecule has 3 heteroatoms. The van der Waals surface area contributed by atoms with Gasteiger partial charge in [0.1, 0.15) is 0 Å². The highest BCUT2D eigenvalue weighted by molar-refractivity contribution is 5.76. The Bertz CT molecular complexity index is 470. The molecule has 0 spiro atoms. The molecule has 0 aromatic heterocycles. The summed E-state index contributed by atoms with van der Waals surface area (Å²) in [5, 5.41) is 0. The molecule has 116 valence electrons. The third-order valence-corrected chi connectivity index (χ3v) is 5.26. The van der Waals surface area contributed by atoms with Crippen molar-refractivity contribution in [1.82, 2.24) is 4.90 Å². The molecule has 2 N–H and O–H groups in total. The first kappa shape index (κ1) is 15.9. The number of anilines is 1. The molecule has 0 radical (unpaired) electrons. The number of hydrogen-bond donors (Lipinski definition) is 1. The van der Waals surface area contributed by atoms with Crippen LogP contribution in [0.1, 0.15) is 51.5 Å². The van der Waals surface area contributed by atoms with Gasteiger partial charge in [-0.15, -0.1) is 0 Å². The fraction of sp³-hybridized carbons (Fsp3) is 0.611. The zero-order valence-electron chi connectivity index (χ0n) is 13.4. The quantitative estimate of drug-likeness (QED) is 0.841. The van der Waals surface area contributed by atoms with Crippen molar-refractivity contribution < 1.29 is 4.79 Å². The molecule has 21 heavy (non-hydrogen) atoms. The van der Waals surface area contributed by atoms with Crippen molar-refractivity contribution in [3.8, 4) is 0 Å². The van der Waals surface area contributed by atoms with E-state index in [9.17, 15) is 4.79 Å². The molecule has 1 aromatic carbocycles. The fourth-order valence-corrected chi connectivity index (χ4v) is 3.35. The van der Waals surface area contributed by atoms with E-state index < -0.39 is 0 Å². The lowest BCUT2D eigenvalue weighted by Gasteiger charge is -2.41. The van der Waals surface area contributed by atoms with Gasteiger partial charge in [0.05, 0.1) is 0 Å². The van der Waals surface area contributed by atoms with Gasteiger partial charge in [0, 0.05) is 25.2 Å². The Morgan fingerprint density at radius 3 is 2.48 bits per heavy atom. The monoisotopic (exact) mass is 288 g/mol. The van der Waals surface area contributed by atoms with E-state index in [4.69, 9.17) is 5.73 Å². The molecule has 1 heterocycles. The zero-order chi connectivity index (χ0) is 15.3. The summed E-state index contributed by atoms with van der Waals surface area (Å²) in [5.74, 6) is 0.290. The maximum absolute atomic E-state index is 12.3. The lowest BCUT2D eigenvalue weighted by atomic mass is 9.74. The highest BCUT2D eigenvalue weighted by Gasteiger charge is 2.32. The summed E-state index contributed by atoms with van der Waals surface area (Å²) < 4.78 is 0. The van der Waals surface area contributed by atoms with Crippen LogP contribution in [0.4, 0.5) is 5.69 Å². The van der Waals surface area contributed by atoms with Crippen LogP contribution in [0.15, 0.2) is 24.3 Å². The van der Waals surface area contributed by atoms with E-state index in [2.05, 4.69) is 18.7 Å². The van der Waals surface area contributed by atoms with Crippen LogP contribution < -0.4 is 5.73 Å². The summed E-state index contributed by atoms with van der Waals surface area (Å²) >= 11 is 0. The van der Waals surface area contributed by atoms with Crippen LogP contribution >= 0.6 is 0 Å². The Labute approximate surface area is 128 Å². The Balaban J connectivity index is 1.82. The van der Waals surface area contributed by atoms with Gasteiger partial charge >= 0.3 is 0 Å². The third-order valence-electron chi connectivity index (χ3n) is 5.26. The normalized spacial score (nSPS) is 17.7. The average Bonchev–Trinajstić information content (AvgIpc) is 2.53. The van der Waals surface area contributed by atoms with E-state index >= 15 is 0 Å². The second kappa shape index (κ2) is 6.97. The molecule has 0 unspecified atom stereocenters. The summed E-state index contributed by atoms with van der Waals surface area (Å²) in [6.07, 6.45) is 6.15. The van der Waals surface area contributed by atoms with Gasteiger partial charge in [-0.05, 0) is 42.4 Å². The van der Waals surface area contributed by atoms with Gasteiger partial charge < -0.3 is 10.6 Å². The van der Waals surface area contributed by atoms with Gasteiger partial charge in [-0.1, -0.05) is 38.8 Å². The lowest BCUT2D eigenvalue weighted by molar-refractivity contribution is -0.133. The number of carbonyl (C=O) groups is 1. The number of amides is 1. The minimum absolute atomic E-state index is 0.290. The first-order valence-corrected chi connectivity index (χ1v) is 8.21. The number of aryl methyl sites for hydroxylation is 1. The number of benzene rings is 1. The number of nitrogen functional groups attached to an aromatic ring is 1. The van der Waals surface area contributed by atoms with Gasteiger partial charge in [0.2, 0.25) is 5.91 Å². The third kappa shape index (κ3) is 3.99. The molecule has 1 fully saturated rings. The van der Waals surface area contributed by atoms with Crippen molar-refractivity contribution in [3.63, 3.8) is 0 Å². The molecule has 0 bridgehead atoms. The standard InChI is InChI=1S/C18H28N2O/c1-3-18(4-2)10-12-20(13-11-18)17(21)9-8-15-6-5-7-16(19)14-15/h5-7,14H,3-4,8-13,19H2,1-2H3. The van der Waals surface area contributed by atoms with Crippen LogP contribution in [-0.4, -0.2) is 23.9 Å². The Hall–Kier alpha value is -1.51. The van der Waals surface area contributed by atoms with E-state index in [-0.39, 0.29) is 0 Å². The number of nitrogens with zero attached hydrogens (tertiary/aromatic N) is 1. The van der Waals surface area contributed by atoms with Crippen molar-refractivity contribution in [1.29, 1.82) is 0 Å². The molecule has 0 saturated carbocycles. The molecule has 0 atom stereocenters. The topological polar surface area (TPSA) is 46.3 Å². The highest BCUT2D eigenvalue weighted by Crippen LogP contribution is 2.37. The highest BCUT2D eigenvalue weighted by atomic mass is 16.2. The molecule has 0 aliphatic carbocycles. The first-order chi connectivity index (χ1) is 10.1. The van der Waals surface area contributed by atoms with Gasteiger partial charge in [-0.2, -0.15) is 0 Å². The minimum Gasteiger partial charge on any atom is -0.399 e. The van der Waals surface area contributed by atoms with Crippen LogP contribution in [0.25, 0.3) is 0 Å². The second-order valence-corrected chi connectivity index (χ2v) is 6.33. The Kier molecular flexibility index (Phi) is 5.27. The van der Waals surface area contributed by atoms with Crippen LogP contribution in [-0.2, 0) is 11.2 Å². The second-order valence-electron chi connectivity index (χ2n) is 6.33. The maximum Gasteiger partial charge on any atom is 0.222 e. The SMILES string of the molecule is CCC1(CC)CCN(C(=O)CCc2cccc(N)c2)CC1. The van der Waals surface area contributed by atoms with E-state index in [0.717, 1.165) is 43.6 Å². The van der Waals surface area contributed by atoms with Gasteiger partial charge in [0.15, 0.2) is 0 Å². The lowest BCUT2D eigenvalue weighted by Crippen LogP contribution is -2.42. The average molecular weight is 288 g/mol. The van der Waals surface area contributed by atoms with Crippen molar-refractivity contribution in [2.45, 2.75) is 52.4 Å². The van der Waals surface area contributed by atoms with Gasteiger partial charge in [-0.3, -0.25) is 4.79 Å². The van der Waals surface area contributed by atoms with E-state index in [1.54, 1.807) is 0 Å². The maximum atomic E-state index is 12.3. The predicted octanol–water partition coefficient (Wildman–Crippen LogP) is 3.63. The van der Waals surface area contributed by atoms with Gasteiger partial charge in [0.25, 0.3) is 0 Å². The Morgan fingerprint density at radius 2 is 1.90 bits per heavy atom. The first-order valence-electron chi connectivity index (χ1n) is 8.21. The van der Waals surface area contributed by atoms with E-state index in [0.29, 0.717) is 17.7 Å².